The van der Waals surface area contributed by atoms with Crippen molar-refractivity contribution in [2.24, 2.45) is 5.92 Å². The number of hydrogen-bond donors (Lipinski definition) is 1. The molecule has 0 atom stereocenters. The minimum atomic E-state index is -0.469. The first-order valence-corrected chi connectivity index (χ1v) is 8.96. The van der Waals surface area contributed by atoms with E-state index in [0.29, 0.717) is 18.1 Å². The number of hydrogen-bond acceptors (Lipinski definition) is 4. The fraction of sp³-hybridized carbons (Fsp3) is 0.600. The summed E-state index contributed by atoms with van der Waals surface area (Å²) in [6.07, 6.45) is 3.54. The molecule has 0 radical (unpaired) electrons. The Labute approximate surface area is 150 Å². The third-order valence-electron chi connectivity index (χ3n) is 4.29. The second-order valence-corrected chi connectivity index (χ2v) is 7.76. The third kappa shape index (κ3) is 6.77. The highest BCUT2D eigenvalue weighted by molar-refractivity contribution is 5.94. The van der Waals surface area contributed by atoms with E-state index in [4.69, 9.17) is 9.47 Å². The lowest BCUT2D eigenvalue weighted by Gasteiger charge is -2.30. The van der Waals surface area contributed by atoms with Crippen LogP contribution < -0.4 is 10.1 Å². The highest BCUT2D eigenvalue weighted by Crippen LogP contribution is 2.26. The van der Waals surface area contributed by atoms with Crippen LogP contribution in [0.25, 0.3) is 0 Å². The minimum Gasteiger partial charge on any atom is -0.493 e. The van der Waals surface area contributed by atoms with Crippen molar-refractivity contribution in [1.29, 1.82) is 0 Å². The van der Waals surface area contributed by atoms with Crippen LogP contribution in [0.2, 0.25) is 0 Å². The van der Waals surface area contributed by atoms with Crippen molar-refractivity contribution in [2.45, 2.75) is 65.0 Å². The van der Waals surface area contributed by atoms with Crippen molar-refractivity contribution in [3.8, 4) is 5.75 Å². The van der Waals surface area contributed by atoms with Gasteiger partial charge in [-0.25, -0.2) is 4.79 Å². The fourth-order valence-corrected chi connectivity index (χ4v) is 2.97. The van der Waals surface area contributed by atoms with E-state index < -0.39 is 5.60 Å². The second-order valence-electron chi connectivity index (χ2n) is 7.76. The number of Topliss-reactive ketones (excluding diaryl/α,β-unsaturated/α-hetero) is 1. The lowest BCUT2D eigenvalue weighted by molar-refractivity contribution is 0.0483. The Hall–Kier alpha value is -2.04. The van der Waals surface area contributed by atoms with E-state index in [1.165, 1.54) is 0 Å². The average molecular weight is 347 g/mol. The molecule has 1 aromatic carbocycles. The van der Waals surface area contributed by atoms with Crippen LogP contribution in [0.1, 0.15) is 63.7 Å². The molecule has 1 aliphatic carbocycles. The summed E-state index contributed by atoms with van der Waals surface area (Å²) in [4.78, 5) is 23.2. The summed E-state index contributed by atoms with van der Waals surface area (Å²) >= 11 is 0. The van der Waals surface area contributed by atoms with E-state index in [1.807, 2.05) is 32.9 Å². The molecule has 1 amide bonds. The quantitative estimate of drug-likeness (QED) is 0.804. The zero-order valence-corrected chi connectivity index (χ0v) is 15.6. The molecule has 2 rings (SSSR count). The SMILES string of the molecule is CC(=O)c1cccc(OCC2CCC(NC(=O)OC(C)(C)C)CC2)c1. The molecule has 5 heteroatoms. The number of rotatable bonds is 5. The largest absolute Gasteiger partial charge is 0.493 e. The molecular weight excluding hydrogens is 318 g/mol. The monoisotopic (exact) mass is 347 g/mol. The van der Waals surface area contributed by atoms with Gasteiger partial charge in [-0.2, -0.15) is 0 Å². The fourth-order valence-electron chi connectivity index (χ4n) is 2.97. The molecule has 0 spiro atoms. The van der Waals surface area contributed by atoms with E-state index in [9.17, 15) is 9.59 Å². The lowest BCUT2D eigenvalue weighted by Crippen LogP contribution is -2.41. The van der Waals surface area contributed by atoms with E-state index in [-0.39, 0.29) is 17.9 Å². The molecule has 0 aromatic heterocycles. The summed E-state index contributed by atoms with van der Waals surface area (Å²) in [5.41, 5.74) is 0.201. The summed E-state index contributed by atoms with van der Waals surface area (Å²) < 4.78 is 11.2. The lowest BCUT2D eigenvalue weighted by atomic mass is 9.86. The predicted octanol–water partition coefficient (Wildman–Crippen LogP) is 4.35. The molecule has 0 aliphatic heterocycles. The number of carbonyl (C=O) groups excluding carboxylic acids is 2. The van der Waals surface area contributed by atoms with Gasteiger partial charge in [0.05, 0.1) is 6.61 Å². The van der Waals surface area contributed by atoms with Crippen molar-refractivity contribution < 1.29 is 19.1 Å². The number of ketones is 1. The maximum atomic E-state index is 11.8. The second kappa shape index (κ2) is 8.37. The van der Waals surface area contributed by atoms with Crippen molar-refractivity contribution >= 4 is 11.9 Å². The standard InChI is InChI=1S/C20H29NO4/c1-14(22)16-6-5-7-18(12-16)24-13-15-8-10-17(11-9-15)21-19(23)25-20(2,3)4/h5-7,12,15,17H,8-11,13H2,1-4H3,(H,21,23). The Morgan fingerprint density at radius 1 is 1.16 bits per heavy atom. The Balaban J connectivity index is 1.73. The normalized spacial score (nSPS) is 20.6. The van der Waals surface area contributed by atoms with Gasteiger partial charge in [-0.1, -0.05) is 12.1 Å². The van der Waals surface area contributed by atoms with Gasteiger partial charge in [-0.05, 0) is 71.4 Å². The molecule has 0 saturated heterocycles. The summed E-state index contributed by atoms with van der Waals surface area (Å²) in [5, 5.41) is 2.95. The minimum absolute atomic E-state index is 0.0409. The van der Waals surface area contributed by atoms with Crippen LogP contribution in [-0.4, -0.2) is 30.1 Å². The molecule has 1 N–H and O–H groups in total. The first-order chi connectivity index (χ1) is 11.7. The molecular formula is C20H29NO4. The molecule has 1 fully saturated rings. The molecule has 0 unspecified atom stereocenters. The van der Waals surface area contributed by atoms with Gasteiger partial charge in [0.2, 0.25) is 0 Å². The zero-order chi connectivity index (χ0) is 18.4. The van der Waals surface area contributed by atoms with E-state index in [2.05, 4.69) is 5.32 Å². The van der Waals surface area contributed by atoms with Crippen LogP contribution in [0.3, 0.4) is 0 Å². The predicted molar refractivity (Wildman–Crippen MR) is 97.1 cm³/mol. The molecule has 25 heavy (non-hydrogen) atoms. The average Bonchev–Trinajstić information content (AvgIpc) is 2.52. The third-order valence-corrected chi connectivity index (χ3v) is 4.29. The maximum absolute atomic E-state index is 11.8. The smallest absolute Gasteiger partial charge is 0.407 e. The summed E-state index contributed by atoms with van der Waals surface area (Å²) in [7, 11) is 0. The van der Waals surface area contributed by atoms with Gasteiger partial charge >= 0.3 is 6.09 Å². The first kappa shape index (κ1) is 19.3. The zero-order valence-electron chi connectivity index (χ0n) is 15.6. The van der Waals surface area contributed by atoms with Crippen molar-refractivity contribution in [3.63, 3.8) is 0 Å². The topological polar surface area (TPSA) is 64.6 Å². The van der Waals surface area contributed by atoms with Crippen molar-refractivity contribution in [2.75, 3.05) is 6.61 Å². The number of carbonyl (C=O) groups is 2. The molecule has 0 heterocycles. The van der Waals surface area contributed by atoms with E-state index in [1.54, 1.807) is 19.1 Å². The van der Waals surface area contributed by atoms with E-state index >= 15 is 0 Å². The van der Waals surface area contributed by atoms with Gasteiger partial charge < -0.3 is 14.8 Å². The molecule has 1 saturated carbocycles. The van der Waals surface area contributed by atoms with Gasteiger partial charge in [-0.3, -0.25) is 4.79 Å². The molecule has 1 aliphatic rings. The van der Waals surface area contributed by atoms with Gasteiger partial charge in [-0.15, -0.1) is 0 Å². The van der Waals surface area contributed by atoms with Gasteiger partial charge in [0, 0.05) is 11.6 Å². The van der Waals surface area contributed by atoms with Crippen LogP contribution >= 0.6 is 0 Å². The van der Waals surface area contributed by atoms with Crippen molar-refractivity contribution in [3.05, 3.63) is 29.8 Å². The molecule has 5 nitrogen and oxygen atoms in total. The number of benzene rings is 1. The van der Waals surface area contributed by atoms with Crippen LogP contribution in [0.4, 0.5) is 4.79 Å². The first-order valence-electron chi connectivity index (χ1n) is 8.96. The number of alkyl carbamates (subject to hydrolysis) is 1. The maximum Gasteiger partial charge on any atom is 0.407 e. The number of ether oxygens (including phenoxy) is 2. The van der Waals surface area contributed by atoms with Crippen LogP contribution in [-0.2, 0) is 4.74 Å². The van der Waals surface area contributed by atoms with Crippen molar-refractivity contribution in [1.82, 2.24) is 5.32 Å². The Morgan fingerprint density at radius 2 is 1.84 bits per heavy atom. The molecule has 1 aromatic rings. The highest BCUT2D eigenvalue weighted by Gasteiger charge is 2.25. The Kier molecular flexibility index (Phi) is 6.45. The van der Waals surface area contributed by atoms with Crippen LogP contribution in [0, 0.1) is 5.92 Å². The van der Waals surface area contributed by atoms with Crippen LogP contribution in [0.5, 0.6) is 5.75 Å². The van der Waals surface area contributed by atoms with Gasteiger partial charge in [0.15, 0.2) is 5.78 Å². The molecule has 0 bridgehead atoms. The summed E-state index contributed by atoms with van der Waals surface area (Å²) in [6.45, 7) is 7.78. The van der Waals surface area contributed by atoms with Crippen LogP contribution in [0.15, 0.2) is 24.3 Å². The highest BCUT2D eigenvalue weighted by atomic mass is 16.6. The van der Waals surface area contributed by atoms with Gasteiger partial charge in [0.1, 0.15) is 11.4 Å². The number of amides is 1. The molecule has 138 valence electrons. The Morgan fingerprint density at radius 3 is 2.44 bits per heavy atom. The number of nitrogens with one attached hydrogen (secondary N) is 1. The Bertz CT molecular complexity index is 598. The summed E-state index contributed by atoms with van der Waals surface area (Å²) in [5.74, 6) is 1.25. The van der Waals surface area contributed by atoms with E-state index in [0.717, 1.165) is 31.4 Å². The van der Waals surface area contributed by atoms with Gasteiger partial charge in [0.25, 0.3) is 0 Å². The summed E-state index contributed by atoms with van der Waals surface area (Å²) in [6, 6.07) is 7.48.